The summed E-state index contributed by atoms with van der Waals surface area (Å²) in [5, 5.41) is 3.12. The summed E-state index contributed by atoms with van der Waals surface area (Å²) >= 11 is 0. The fourth-order valence-corrected chi connectivity index (χ4v) is 6.86. The Labute approximate surface area is 212 Å². The third-order valence-corrected chi connectivity index (χ3v) is 9.26. The number of carbonyl (C=O) groups is 1. The molecule has 1 aromatic heterocycles. The molecule has 0 unspecified atom stereocenters. The monoisotopic (exact) mass is 507 g/mol. The molecule has 1 saturated carbocycles. The van der Waals surface area contributed by atoms with Gasteiger partial charge in [0.15, 0.2) is 0 Å². The zero-order chi connectivity index (χ0) is 25.1. The summed E-state index contributed by atoms with van der Waals surface area (Å²) in [5.41, 5.74) is 4.16. The van der Waals surface area contributed by atoms with E-state index in [0.717, 1.165) is 53.9 Å². The summed E-state index contributed by atoms with van der Waals surface area (Å²) in [4.78, 5) is 22.7. The van der Waals surface area contributed by atoms with Gasteiger partial charge < -0.3 is 15.2 Å². The van der Waals surface area contributed by atoms with Crippen LogP contribution in [0.5, 0.6) is 0 Å². The minimum absolute atomic E-state index is 0.0625. The summed E-state index contributed by atoms with van der Waals surface area (Å²) < 4.78 is 28.8. The number of anilines is 2. The number of benzene rings is 2. The smallest absolute Gasteiger partial charge is 0.243 e. The Bertz CT molecular complexity index is 1320. The number of hydrogen-bond donors (Lipinski definition) is 2. The highest BCUT2D eigenvalue weighted by molar-refractivity contribution is 7.89. The van der Waals surface area contributed by atoms with Crippen molar-refractivity contribution in [2.75, 3.05) is 23.3 Å². The van der Waals surface area contributed by atoms with Crippen LogP contribution in [0.2, 0.25) is 0 Å². The van der Waals surface area contributed by atoms with Gasteiger partial charge in [0.05, 0.1) is 23.5 Å². The molecule has 0 bridgehead atoms. The first-order chi connectivity index (χ1) is 17.4. The van der Waals surface area contributed by atoms with Crippen molar-refractivity contribution < 1.29 is 13.2 Å². The normalized spacial score (nSPS) is 17.4. The Hall–Kier alpha value is -3.17. The van der Waals surface area contributed by atoms with Gasteiger partial charge in [0.25, 0.3) is 0 Å². The van der Waals surface area contributed by atoms with E-state index in [1.54, 1.807) is 22.8 Å². The molecule has 1 fully saturated rings. The molecule has 0 radical (unpaired) electrons. The Morgan fingerprint density at radius 1 is 1.11 bits per heavy atom. The topological polar surface area (TPSA) is 98.4 Å². The lowest BCUT2D eigenvalue weighted by molar-refractivity contribution is -0.120. The maximum atomic E-state index is 13.6. The molecule has 8 nitrogen and oxygen atoms in total. The second-order valence-electron chi connectivity index (χ2n) is 9.75. The number of aromatic amines is 1. The van der Waals surface area contributed by atoms with E-state index in [-0.39, 0.29) is 18.4 Å². The molecule has 5 rings (SSSR count). The number of rotatable bonds is 6. The molecular weight excluding hydrogens is 474 g/mol. The van der Waals surface area contributed by atoms with Crippen molar-refractivity contribution in [1.29, 1.82) is 0 Å². The minimum atomic E-state index is -3.67. The molecule has 1 aliphatic carbocycles. The van der Waals surface area contributed by atoms with Crippen LogP contribution in [0.15, 0.2) is 59.9 Å². The predicted octanol–water partition coefficient (Wildman–Crippen LogP) is 4.45. The molecule has 190 valence electrons. The lowest BCUT2D eigenvalue weighted by Gasteiger charge is -2.25. The van der Waals surface area contributed by atoms with Crippen molar-refractivity contribution in [2.45, 2.75) is 57.0 Å². The van der Waals surface area contributed by atoms with Crippen molar-refractivity contribution in [3.8, 4) is 0 Å². The van der Waals surface area contributed by atoms with Gasteiger partial charge in [-0.1, -0.05) is 43.5 Å². The summed E-state index contributed by atoms with van der Waals surface area (Å²) in [6.07, 6.45) is 8.77. The van der Waals surface area contributed by atoms with E-state index >= 15 is 0 Å². The van der Waals surface area contributed by atoms with Crippen LogP contribution < -0.4 is 10.2 Å². The number of H-pyrrole nitrogens is 1. The molecule has 9 heteroatoms. The first-order valence-corrected chi connectivity index (χ1v) is 14.1. The number of sulfonamides is 1. The quantitative estimate of drug-likeness (QED) is 0.514. The van der Waals surface area contributed by atoms with Gasteiger partial charge in [-0.25, -0.2) is 13.4 Å². The number of amides is 1. The van der Waals surface area contributed by atoms with E-state index in [4.69, 9.17) is 0 Å². The number of imidazole rings is 1. The number of nitrogens with zero attached hydrogens (tertiary/aromatic N) is 3. The fourth-order valence-electron chi connectivity index (χ4n) is 5.23. The molecular formula is C27H33N5O3S. The van der Waals surface area contributed by atoms with Crippen LogP contribution in [0, 0.1) is 12.8 Å². The van der Waals surface area contributed by atoms with Crippen LogP contribution in [0.3, 0.4) is 0 Å². The SMILES string of the molecule is Cc1ccccc1S(=O)(=O)N1CCN(Cc2c[nH]cn2)c2cc(NC(=O)C3CCCCC3)ccc2C1. The predicted molar refractivity (Wildman–Crippen MR) is 140 cm³/mol. The fraction of sp³-hybridized carbons (Fsp3) is 0.407. The number of fused-ring (bicyclic) bond motifs is 1. The van der Waals surface area contributed by atoms with Gasteiger partial charge in [-0.2, -0.15) is 4.31 Å². The summed E-state index contributed by atoms with van der Waals surface area (Å²) in [7, 11) is -3.67. The number of hydrogen-bond acceptors (Lipinski definition) is 5. The van der Waals surface area contributed by atoms with Gasteiger partial charge >= 0.3 is 0 Å². The van der Waals surface area contributed by atoms with E-state index in [1.807, 2.05) is 43.5 Å². The largest absolute Gasteiger partial charge is 0.364 e. The van der Waals surface area contributed by atoms with Gasteiger partial charge in [-0.3, -0.25) is 4.79 Å². The lowest BCUT2D eigenvalue weighted by atomic mass is 9.88. The van der Waals surface area contributed by atoms with Crippen LogP contribution in [0.25, 0.3) is 0 Å². The summed E-state index contributed by atoms with van der Waals surface area (Å²) in [5.74, 6) is 0.137. The standard InChI is InChI=1S/C27H33N5O3S/c1-20-7-5-6-10-26(20)36(34,35)32-14-13-31(18-24-16-28-19-29-24)25-15-23(12-11-22(25)17-32)30-27(33)21-8-3-2-4-9-21/h5-7,10-12,15-16,19,21H,2-4,8-9,13-14,17-18H2,1H3,(H,28,29)(H,30,33). The van der Waals surface area contributed by atoms with Crippen molar-refractivity contribution >= 4 is 27.3 Å². The third-order valence-electron chi connectivity index (χ3n) is 7.25. The van der Waals surface area contributed by atoms with Crippen LogP contribution in [-0.2, 0) is 27.9 Å². The molecule has 2 aliphatic rings. The highest BCUT2D eigenvalue weighted by Crippen LogP contribution is 2.33. The number of aryl methyl sites for hydroxylation is 1. The second-order valence-corrected chi connectivity index (χ2v) is 11.7. The lowest BCUT2D eigenvalue weighted by Crippen LogP contribution is -2.35. The zero-order valence-electron chi connectivity index (χ0n) is 20.6. The average molecular weight is 508 g/mol. The van der Waals surface area contributed by atoms with Crippen LogP contribution >= 0.6 is 0 Å². The number of carbonyl (C=O) groups excluding carboxylic acids is 1. The molecule has 2 aromatic carbocycles. The van der Waals surface area contributed by atoms with Crippen LogP contribution in [0.4, 0.5) is 11.4 Å². The van der Waals surface area contributed by atoms with Crippen LogP contribution in [0.1, 0.15) is 48.9 Å². The highest BCUT2D eigenvalue weighted by atomic mass is 32.2. The molecule has 2 heterocycles. The van der Waals surface area contributed by atoms with Crippen molar-refractivity contribution in [2.24, 2.45) is 5.92 Å². The van der Waals surface area contributed by atoms with Gasteiger partial charge in [-0.15, -0.1) is 0 Å². The van der Waals surface area contributed by atoms with Gasteiger partial charge in [-0.05, 0) is 49.1 Å². The molecule has 36 heavy (non-hydrogen) atoms. The third kappa shape index (κ3) is 5.17. The summed E-state index contributed by atoms with van der Waals surface area (Å²) in [6, 6.07) is 12.9. The van der Waals surface area contributed by atoms with E-state index in [2.05, 4.69) is 20.2 Å². The molecule has 0 spiro atoms. The maximum absolute atomic E-state index is 13.6. The Morgan fingerprint density at radius 3 is 2.67 bits per heavy atom. The van der Waals surface area contributed by atoms with E-state index in [1.165, 1.54) is 6.42 Å². The highest BCUT2D eigenvalue weighted by Gasteiger charge is 2.31. The number of nitrogens with one attached hydrogen (secondary N) is 2. The Morgan fingerprint density at radius 2 is 1.92 bits per heavy atom. The summed E-state index contributed by atoms with van der Waals surface area (Å²) in [6.45, 7) is 3.48. The molecule has 0 saturated heterocycles. The Kier molecular flexibility index (Phi) is 7.11. The number of aromatic nitrogens is 2. The van der Waals surface area contributed by atoms with E-state index in [0.29, 0.717) is 24.5 Å². The molecule has 0 atom stereocenters. The second kappa shape index (κ2) is 10.4. The van der Waals surface area contributed by atoms with Gasteiger partial charge in [0.1, 0.15) is 0 Å². The molecule has 1 amide bonds. The first kappa shape index (κ1) is 24.5. The minimum Gasteiger partial charge on any atom is -0.364 e. The van der Waals surface area contributed by atoms with E-state index in [9.17, 15) is 13.2 Å². The molecule has 1 aliphatic heterocycles. The molecule has 2 N–H and O–H groups in total. The van der Waals surface area contributed by atoms with Crippen molar-refractivity contribution in [1.82, 2.24) is 14.3 Å². The molecule has 3 aromatic rings. The zero-order valence-corrected chi connectivity index (χ0v) is 21.4. The van der Waals surface area contributed by atoms with Gasteiger partial charge in [0.2, 0.25) is 15.9 Å². The average Bonchev–Trinajstić information content (AvgIpc) is 3.33. The first-order valence-electron chi connectivity index (χ1n) is 12.6. The van der Waals surface area contributed by atoms with E-state index < -0.39 is 10.0 Å². The van der Waals surface area contributed by atoms with Crippen molar-refractivity contribution in [3.63, 3.8) is 0 Å². The maximum Gasteiger partial charge on any atom is 0.243 e. The van der Waals surface area contributed by atoms with Crippen LogP contribution in [-0.4, -0.2) is 41.7 Å². The van der Waals surface area contributed by atoms with Crippen molar-refractivity contribution in [3.05, 3.63) is 71.8 Å². The Balaban J connectivity index is 1.45. The van der Waals surface area contributed by atoms with Gasteiger partial charge in [0, 0.05) is 43.1 Å².